The van der Waals surface area contributed by atoms with Crippen molar-refractivity contribution in [1.82, 2.24) is 10.6 Å². The molecule has 1 saturated heterocycles. The molecular formula is C16H20ClN3O2. The number of rotatable bonds is 4. The van der Waals surface area contributed by atoms with E-state index >= 15 is 0 Å². The van der Waals surface area contributed by atoms with E-state index in [0.29, 0.717) is 16.3 Å². The summed E-state index contributed by atoms with van der Waals surface area (Å²) in [6.45, 7) is 0.869. The molecule has 118 valence electrons. The fourth-order valence-electron chi connectivity index (χ4n) is 2.57. The largest absolute Gasteiger partial charge is 0.349 e. The molecule has 1 aromatic rings. The van der Waals surface area contributed by atoms with Crippen molar-refractivity contribution in [2.45, 2.75) is 44.2 Å². The zero-order valence-electron chi connectivity index (χ0n) is 12.3. The molecule has 3 N–H and O–H groups in total. The van der Waals surface area contributed by atoms with E-state index in [9.17, 15) is 9.59 Å². The van der Waals surface area contributed by atoms with Crippen LogP contribution in [0.5, 0.6) is 0 Å². The third-order valence-corrected chi connectivity index (χ3v) is 4.35. The van der Waals surface area contributed by atoms with Crippen LogP contribution in [0, 0.1) is 0 Å². The Morgan fingerprint density at radius 2 is 2.00 bits per heavy atom. The van der Waals surface area contributed by atoms with E-state index in [1.165, 1.54) is 0 Å². The fraction of sp³-hybridized carbons (Fsp3) is 0.500. The number of amides is 2. The summed E-state index contributed by atoms with van der Waals surface area (Å²) in [5.41, 5.74) is 1.01. The lowest BCUT2D eigenvalue weighted by Gasteiger charge is -2.22. The maximum atomic E-state index is 12.2. The van der Waals surface area contributed by atoms with Crippen molar-refractivity contribution in [3.8, 4) is 0 Å². The Kier molecular flexibility index (Phi) is 4.64. The summed E-state index contributed by atoms with van der Waals surface area (Å²) >= 11 is 6.09. The first-order valence-electron chi connectivity index (χ1n) is 7.78. The van der Waals surface area contributed by atoms with E-state index < -0.39 is 0 Å². The van der Waals surface area contributed by atoms with Crippen molar-refractivity contribution in [2.75, 3.05) is 11.9 Å². The van der Waals surface area contributed by atoms with Crippen LogP contribution in [-0.4, -0.2) is 30.4 Å². The van der Waals surface area contributed by atoms with Crippen molar-refractivity contribution in [3.63, 3.8) is 0 Å². The Morgan fingerprint density at radius 3 is 2.68 bits per heavy atom. The molecule has 1 saturated carbocycles. The summed E-state index contributed by atoms with van der Waals surface area (Å²) in [4.78, 5) is 24.3. The number of hydrogen-bond donors (Lipinski definition) is 3. The first-order valence-corrected chi connectivity index (χ1v) is 8.16. The third kappa shape index (κ3) is 3.78. The first kappa shape index (κ1) is 15.3. The van der Waals surface area contributed by atoms with Gasteiger partial charge in [0.2, 0.25) is 5.91 Å². The Balaban J connectivity index is 1.67. The third-order valence-electron chi connectivity index (χ3n) is 4.02. The average Bonchev–Trinajstić information content (AvgIpc) is 3.34. The predicted molar refractivity (Wildman–Crippen MR) is 86.2 cm³/mol. The van der Waals surface area contributed by atoms with E-state index in [1.807, 2.05) is 0 Å². The van der Waals surface area contributed by atoms with Gasteiger partial charge in [-0.1, -0.05) is 18.0 Å². The van der Waals surface area contributed by atoms with Crippen LogP contribution in [0.25, 0.3) is 0 Å². The Bertz CT molecular complexity index is 581. The molecule has 1 aliphatic carbocycles. The van der Waals surface area contributed by atoms with Gasteiger partial charge in [-0.25, -0.2) is 0 Å². The highest BCUT2D eigenvalue weighted by molar-refractivity contribution is 6.34. The number of halogens is 1. The molecule has 1 unspecified atom stereocenters. The fourth-order valence-corrected chi connectivity index (χ4v) is 2.78. The first-order chi connectivity index (χ1) is 10.6. The molecule has 2 aliphatic rings. The molecule has 3 rings (SSSR count). The zero-order chi connectivity index (χ0) is 15.5. The molecule has 22 heavy (non-hydrogen) atoms. The van der Waals surface area contributed by atoms with Crippen molar-refractivity contribution < 1.29 is 9.59 Å². The van der Waals surface area contributed by atoms with Gasteiger partial charge >= 0.3 is 0 Å². The minimum absolute atomic E-state index is 0.0597. The molecule has 6 heteroatoms. The summed E-state index contributed by atoms with van der Waals surface area (Å²) in [7, 11) is 0. The van der Waals surface area contributed by atoms with Gasteiger partial charge in [0.15, 0.2) is 0 Å². The molecule has 0 spiro atoms. The lowest BCUT2D eigenvalue weighted by Crippen LogP contribution is -2.43. The monoisotopic (exact) mass is 321 g/mol. The molecule has 0 bridgehead atoms. The highest BCUT2D eigenvalue weighted by atomic mass is 35.5. The molecular weight excluding hydrogens is 302 g/mol. The summed E-state index contributed by atoms with van der Waals surface area (Å²) in [6, 6.07) is 5.12. The van der Waals surface area contributed by atoms with E-state index in [1.54, 1.807) is 18.2 Å². The van der Waals surface area contributed by atoms with Gasteiger partial charge < -0.3 is 16.0 Å². The van der Waals surface area contributed by atoms with Gasteiger partial charge in [0.05, 0.1) is 16.6 Å². The van der Waals surface area contributed by atoms with Crippen LogP contribution >= 0.6 is 11.6 Å². The summed E-state index contributed by atoms with van der Waals surface area (Å²) in [5, 5.41) is 9.37. The maximum Gasteiger partial charge on any atom is 0.253 e. The van der Waals surface area contributed by atoms with Crippen molar-refractivity contribution in [3.05, 3.63) is 28.8 Å². The number of nitrogens with one attached hydrogen (secondary N) is 3. The molecule has 5 nitrogen and oxygen atoms in total. The minimum Gasteiger partial charge on any atom is -0.349 e. The minimum atomic E-state index is -0.181. The maximum absolute atomic E-state index is 12.2. The van der Waals surface area contributed by atoms with Crippen LogP contribution in [0.4, 0.5) is 5.69 Å². The van der Waals surface area contributed by atoms with Crippen molar-refractivity contribution in [2.24, 2.45) is 0 Å². The van der Waals surface area contributed by atoms with Crippen LogP contribution in [0.2, 0.25) is 5.02 Å². The van der Waals surface area contributed by atoms with Gasteiger partial charge in [0.1, 0.15) is 0 Å². The predicted octanol–water partition coefficient (Wildman–Crippen LogP) is 2.31. The van der Waals surface area contributed by atoms with E-state index in [-0.39, 0.29) is 23.9 Å². The van der Waals surface area contributed by atoms with Gasteiger partial charge in [0.25, 0.3) is 5.91 Å². The van der Waals surface area contributed by atoms with Gasteiger partial charge in [-0.2, -0.15) is 0 Å². The summed E-state index contributed by atoms with van der Waals surface area (Å²) in [5.74, 6) is -0.241. The summed E-state index contributed by atoms with van der Waals surface area (Å²) in [6.07, 6.45) is 5.05. The molecule has 2 fully saturated rings. The van der Waals surface area contributed by atoms with Gasteiger partial charge in [0, 0.05) is 11.7 Å². The number of carbonyl (C=O) groups excluding carboxylic acids is 2. The highest BCUT2D eigenvalue weighted by Crippen LogP contribution is 2.24. The second kappa shape index (κ2) is 6.67. The zero-order valence-corrected chi connectivity index (χ0v) is 13.1. The highest BCUT2D eigenvalue weighted by Gasteiger charge is 2.25. The molecule has 1 aromatic carbocycles. The number of benzene rings is 1. The van der Waals surface area contributed by atoms with E-state index in [0.717, 1.165) is 38.6 Å². The SMILES string of the molecule is O=C(NC1CC1)c1cc(NC(=O)C2CCCCN2)ccc1Cl. The second-order valence-corrected chi connectivity index (χ2v) is 6.34. The topological polar surface area (TPSA) is 70.2 Å². The van der Waals surface area contributed by atoms with Gasteiger partial charge in [-0.05, 0) is 50.4 Å². The molecule has 1 aliphatic heterocycles. The van der Waals surface area contributed by atoms with Crippen LogP contribution in [0.3, 0.4) is 0 Å². The second-order valence-electron chi connectivity index (χ2n) is 5.93. The van der Waals surface area contributed by atoms with Crippen molar-refractivity contribution >= 4 is 29.1 Å². The van der Waals surface area contributed by atoms with Gasteiger partial charge in [-0.15, -0.1) is 0 Å². The quantitative estimate of drug-likeness (QED) is 0.797. The molecule has 0 radical (unpaired) electrons. The van der Waals surface area contributed by atoms with Crippen LogP contribution in [-0.2, 0) is 4.79 Å². The molecule has 1 atom stereocenters. The normalized spacial score (nSPS) is 21.2. The van der Waals surface area contributed by atoms with E-state index in [2.05, 4.69) is 16.0 Å². The Labute approximate surface area is 134 Å². The van der Waals surface area contributed by atoms with Gasteiger partial charge in [-0.3, -0.25) is 9.59 Å². The lowest BCUT2D eigenvalue weighted by atomic mass is 10.0. The Morgan fingerprint density at radius 1 is 1.18 bits per heavy atom. The smallest absolute Gasteiger partial charge is 0.253 e. The van der Waals surface area contributed by atoms with Crippen LogP contribution in [0.15, 0.2) is 18.2 Å². The average molecular weight is 322 g/mol. The molecule has 2 amide bonds. The standard InChI is InChI=1S/C16H20ClN3O2/c17-13-7-6-11(9-12(13)15(21)19-10-4-5-10)20-16(22)14-3-1-2-8-18-14/h6-7,9-10,14,18H,1-5,8H2,(H,19,21)(H,20,22). The number of piperidine rings is 1. The molecule has 1 heterocycles. The summed E-state index contributed by atoms with van der Waals surface area (Å²) < 4.78 is 0. The number of anilines is 1. The lowest BCUT2D eigenvalue weighted by molar-refractivity contribution is -0.118. The van der Waals surface area contributed by atoms with Crippen molar-refractivity contribution in [1.29, 1.82) is 0 Å². The Hall–Kier alpha value is -1.59. The molecule has 0 aromatic heterocycles. The number of hydrogen-bond acceptors (Lipinski definition) is 3. The van der Waals surface area contributed by atoms with Crippen LogP contribution in [0.1, 0.15) is 42.5 Å². The van der Waals surface area contributed by atoms with Crippen LogP contribution < -0.4 is 16.0 Å². The van der Waals surface area contributed by atoms with E-state index in [4.69, 9.17) is 11.6 Å². The number of carbonyl (C=O) groups is 2.